The molecule has 1 aliphatic rings. The van der Waals surface area contributed by atoms with Crippen LogP contribution in [0.25, 0.3) is 0 Å². The molecule has 3 N–H and O–H groups in total. The number of benzene rings is 3. The molecule has 1 fully saturated rings. The van der Waals surface area contributed by atoms with Crippen molar-refractivity contribution in [3.8, 4) is 0 Å². The number of rotatable bonds is 13. The predicted molar refractivity (Wildman–Crippen MR) is 159 cm³/mol. The van der Waals surface area contributed by atoms with E-state index in [0.29, 0.717) is 24.8 Å². The summed E-state index contributed by atoms with van der Waals surface area (Å²) in [6.07, 6.45) is 2.65. The molecular weight excluding hydrogens is 532 g/mol. The highest BCUT2D eigenvalue weighted by Crippen LogP contribution is 2.32. The van der Waals surface area contributed by atoms with E-state index >= 15 is 0 Å². The maximum atomic E-state index is 14.2. The first-order chi connectivity index (χ1) is 20.3. The van der Waals surface area contributed by atoms with E-state index < -0.39 is 41.6 Å². The van der Waals surface area contributed by atoms with Gasteiger partial charge in [0.25, 0.3) is 0 Å². The van der Waals surface area contributed by atoms with Gasteiger partial charge in [-0.05, 0) is 36.0 Å². The van der Waals surface area contributed by atoms with Gasteiger partial charge in [-0.15, -0.1) is 0 Å². The molecule has 0 aliphatic heterocycles. The van der Waals surface area contributed by atoms with Crippen LogP contribution < -0.4 is 5.32 Å². The molecular formula is C34H38N2O6. The van der Waals surface area contributed by atoms with Crippen molar-refractivity contribution in [1.29, 1.82) is 0 Å². The number of carbonyl (C=O) groups excluding carboxylic acids is 2. The molecule has 3 aromatic carbocycles. The van der Waals surface area contributed by atoms with Gasteiger partial charge in [0.05, 0.1) is 18.3 Å². The number of hydrogen-bond acceptors (Lipinski definition) is 4. The van der Waals surface area contributed by atoms with E-state index in [2.05, 4.69) is 5.32 Å². The number of carboxylic acid groups (broad SMARTS) is 2. The SMILES string of the molecule is O=C(O)CCN(CCC(c1ccccc1)c1ccccc1)C(=O)[C@@H](NC(=O)[C@@H]1CCCC[C@H]1C(=O)O)c1ccccc1. The number of nitrogens with one attached hydrogen (secondary N) is 1. The van der Waals surface area contributed by atoms with Gasteiger partial charge in [0.1, 0.15) is 6.04 Å². The third-order valence-corrected chi connectivity index (χ3v) is 8.09. The molecule has 0 radical (unpaired) electrons. The van der Waals surface area contributed by atoms with Crippen molar-refractivity contribution >= 4 is 23.8 Å². The van der Waals surface area contributed by atoms with Crippen molar-refractivity contribution in [3.63, 3.8) is 0 Å². The molecule has 0 saturated heterocycles. The minimum Gasteiger partial charge on any atom is -0.481 e. The zero-order valence-corrected chi connectivity index (χ0v) is 23.6. The number of amides is 2. The van der Waals surface area contributed by atoms with Crippen molar-refractivity contribution < 1.29 is 29.4 Å². The molecule has 4 rings (SSSR count). The minimum atomic E-state index is -1.07. The van der Waals surface area contributed by atoms with E-state index in [1.807, 2.05) is 60.7 Å². The predicted octanol–water partition coefficient (Wildman–Crippen LogP) is 5.26. The normalized spacial score (nSPS) is 17.3. The molecule has 1 saturated carbocycles. The van der Waals surface area contributed by atoms with E-state index in [9.17, 15) is 29.4 Å². The summed E-state index contributed by atoms with van der Waals surface area (Å²) in [7, 11) is 0. The van der Waals surface area contributed by atoms with Gasteiger partial charge in [-0.1, -0.05) is 104 Å². The van der Waals surface area contributed by atoms with Gasteiger partial charge in [-0.2, -0.15) is 0 Å². The second kappa shape index (κ2) is 15.0. The van der Waals surface area contributed by atoms with E-state index in [4.69, 9.17) is 0 Å². The highest BCUT2D eigenvalue weighted by Gasteiger charge is 2.38. The first kappa shape index (κ1) is 30.5. The van der Waals surface area contributed by atoms with Gasteiger partial charge < -0.3 is 20.4 Å². The zero-order chi connectivity index (χ0) is 29.9. The van der Waals surface area contributed by atoms with Crippen LogP contribution in [-0.4, -0.2) is 52.0 Å². The third-order valence-electron chi connectivity index (χ3n) is 8.09. The molecule has 0 unspecified atom stereocenters. The number of carbonyl (C=O) groups is 4. The molecule has 2 amide bonds. The Balaban J connectivity index is 1.61. The van der Waals surface area contributed by atoms with Crippen LogP contribution in [0.2, 0.25) is 0 Å². The molecule has 1 aliphatic carbocycles. The summed E-state index contributed by atoms with van der Waals surface area (Å²) in [6.45, 7) is 0.242. The molecule has 3 aromatic rings. The Morgan fingerprint density at radius 3 is 1.71 bits per heavy atom. The lowest BCUT2D eigenvalue weighted by Gasteiger charge is -2.32. The summed E-state index contributed by atoms with van der Waals surface area (Å²) < 4.78 is 0. The van der Waals surface area contributed by atoms with E-state index in [-0.39, 0.29) is 25.4 Å². The molecule has 8 nitrogen and oxygen atoms in total. The Morgan fingerprint density at radius 2 is 1.21 bits per heavy atom. The second-order valence-corrected chi connectivity index (χ2v) is 10.8. The fourth-order valence-corrected chi connectivity index (χ4v) is 5.85. The van der Waals surface area contributed by atoms with E-state index in [0.717, 1.165) is 24.0 Å². The molecule has 8 heteroatoms. The first-order valence-corrected chi connectivity index (χ1v) is 14.5. The van der Waals surface area contributed by atoms with Crippen LogP contribution in [0.4, 0.5) is 0 Å². The Labute approximate surface area is 246 Å². The monoisotopic (exact) mass is 570 g/mol. The molecule has 3 atom stereocenters. The summed E-state index contributed by atoms with van der Waals surface area (Å²) in [6, 6.07) is 27.7. The van der Waals surface area contributed by atoms with Gasteiger partial charge >= 0.3 is 11.9 Å². The first-order valence-electron chi connectivity index (χ1n) is 14.5. The lowest BCUT2D eigenvalue weighted by atomic mass is 9.78. The van der Waals surface area contributed by atoms with Crippen molar-refractivity contribution in [3.05, 3.63) is 108 Å². The fraction of sp³-hybridized carbons (Fsp3) is 0.353. The quantitative estimate of drug-likeness (QED) is 0.258. The molecule has 220 valence electrons. The Kier molecular flexibility index (Phi) is 10.9. The van der Waals surface area contributed by atoms with Crippen molar-refractivity contribution in [2.24, 2.45) is 11.8 Å². The second-order valence-electron chi connectivity index (χ2n) is 10.8. The lowest BCUT2D eigenvalue weighted by molar-refractivity contribution is -0.149. The fourth-order valence-electron chi connectivity index (χ4n) is 5.85. The van der Waals surface area contributed by atoms with Crippen LogP contribution in [0.1, 0.15) is 67.2 Å². The standard InChI is InChI=1S/C34H38N2O6/c37-30(38)21-23-36(22-20-27(24-12-4-1-5-13-24)25-14-6-2-7-15-25)33(40)31(26-16-8-3-9-17-26)35-32(39)28-18-10-11-19-29(28)34(41)42/h1-9,12-17,27-29,31H,10-11,18-23H2,(H,35,39)(H,37,38)(H,41,42)/t28-,29-,31+/m1/s1. The Hall–Kier alpha value is -4.46. The van der Waals surface area contributed by atoms with Crippen LogP contribution in [0, 0.1) is 11.8 Å². The highest BCUT2D eigenvalue weighted by molar-refractivity contribution is 5.91. The summed E-state index contributed by atoms with van der Waals surface area (Å²) in [5.74, 6) is -4.48. The Bertz CT molecular complexity index is 1290. The van der Waals surface area contributed by atoms with Crippen LogP contribution in [0.5, 0.6) is 0 Å². The van der Waals surface area contributed by atoms with E-state index in [1.54, 1.807) is 30.3 Å². The third kappa shape index (κ3) is 8.06. The highest BCUT2D eigenvalue weighted by atomic mass is 16.4. The molecule has 0 bridgehead atoms. The minimum absolute atomic E-state index is 0.0230. The lowest BCUT2D eigenvalue weighted by Crippen LogP contribution is -2.47. The summed E-state index contributed by atoms with van der Waals surface area (Å²) in [5.41, 5.74) is 2.72. The van der Waals surface area contributed by atoms with Crippen LogP contribution in [0.15, 0.2) is 91.0 Å². The summed E-state index contributed by atoms with van der Waals surface area (Å²) in [5, 5.41) is 22.1. The summed E-state index contributed by atoms with van der Waals surface area (Å²) >= 11 is 0. The smallest absolute Gasteiger partial charge is 0.307 e. The van der Waals surface area contributed by atoms with Gasteiger partial charge in [0, 0.05) is 19.0 Å². The van der Waals surface area contributed by atoms with Crippen molar-refractivity contribution in [1.82, 2.24) is 10.2 Å². The number of carboxylic acids is 2. The van der Waals surface area contributed by atoms with Crippen LogP contribution >= 0.6 is 0 Å². The number of hydrogen-bond donors (Lipinski definition) is 3. The number of aliphatic carboxylic acids is 2. The van der Waals surface area contributed by atoms with Gasteiger partial charge in [-0.3, -0.25) is 19.2 Å². The molecule has 0 heterocycles. The molecule has 0 spiro atoms. The van der Waals surface area contributed by atoms with Crippen LogP contribution in [0.3, 0.4) is 0 Å². The van der Waals surface area contributed by atoms with Gasteiger partial charge in [0.15, 0.2) is 0 Å². The topological polar surface area (TPSA) is 124 Å². The Morgan fingerprint density at radius 1 is 0.714 bits per heavy atom. The maximum absolute atomic E-state index is 14.2. The van der Waals surface area contributed by atoms with Gasteiger partial charge in [0.2, 0.25) is 11.8 Å². The van der Waals surface area contributed by atoms with Gasteiger partial charge in [-0.25, -0.2) is 0 Å². The zero-order valence-electron chi connectivity index (χ0n) is 23.6. The van der Waals surface area contributed by atoms with Crippen molar-refractivity contribution in [2.45, 2.75) is 50.5 Å². The van der Waals surface area contributed by atoms with Crippen LogP contribution in [-0.2, 0) is 19.2 Å². The van der Waals surface area contributed by atoms with E-state index in [1.165, 1.54) is 4.90 Å². The molecule has 0 aromatic heterocycles. The number of nitrogens with zero attached hydrogens (tertiary/aromatic N) is 1. The summed E-state index contributed by atoms with van der Waals surface area (Å²) in [4.78, 5) is 52.6. The maximum Gasteiger partial charge on any atom is 0.307 e. The molecule has 42 heavy (non-hydrogen) atoms. The average Bonchev–Trinajstić information content (AvgIpc) is 3.02. The average molecular weight is 571 g/mol. The van der Waals surface area contributed by atoms with Crippen molar-refractivity contribution in [2.75, 3.05) is 13.1 Å². The largest absolute Gasteiger partial charge is 0.481 e.